The van der Waals surface area contributed by atoms with Crippen LogP contribution < -0.4 is 10.5 Å². The summed E-state index contributed by atoms with van der Waals surface area (Å²) in [4.78, 5) is 0. The van der Waals surface area contributed by atoms with Crippen molar-refractivity contribution in [3.63, 3.8) is 0 Å². The fourth-order valence-corrected chi connectivity index (χ4v) is 1.78. The van der Waals surface area contributed by atoms with Gasteiger partial charge in [-0.25, -0.2) is 0 Å². The van der Waals surface area contributed by atoms with Gasteiger partial charge in [-0.15, -0.1) is 0 Å². The first-order valence-corrected chi connectivity index (χ1v) is 5.12. The van der Waals surface area contributed by atoms with Crippen LogP contribution in [0.4, 0.5) is 0 Å². The number of methoxy groups -OCH3 is 1. The molecule has 0 aliphatic rings. The van der Waals surface area contributed by atoms with Crippen molar-refractivity contribution in [2.24, 2.45) is 5.73 Å². The van der Waals surface area contributed by atoms with Gasteiger partial charge in [0.1, 0.15) is 5.75 Å². The van der Waals surface area contributed by atoms with Crippen molar-refractivity contribution >= 4 is 11.6 Å². The molecule has 0 spiro atoms. The van der Waals surface area contributed by atoms with Crippen molar-refractivity contribution in [2.75, 3.05) is 13.7 Å². The lowest BCUT2D eigenvalue weighted by Gasteiger charge is -2.17. The summed E-state index contributed by atoms with van der Waals surface area (Å²) in [7, 11) is 1.57. The summed E-state index contributed by atoms with van der Waals surface area (Å²) < 4.78 is 5.26. The molecule has 1 atom stereocenters. The molecule has 0 fully saturated rings. The number of halogens is 1. The number of ether oxygens (including phenoxy) is 1. The first kappa shape index (κ1) is 12.3. The van der Waals surface area contributed by atoms with Gasteiger partial charge >= 0.3 is 0 Å². The molecule has 1 aromatic rings. The highest BCUT2D eigenvalue weighted by Gasteiger charge is 2.17. The number of benzene rings is 1. The molecule has 15 heavy (non-hydrogen) atoms. The minimum Gasteiger partial charge on any atom is -0.496 e. The smallest absolute Gasteiger partial charge is 0.127 e. The van der Waals surface area contributed by atoms with Crippen LogP contribution in [0.1, 0.15) is 22.8 Å². The Bertz CT molecular complexity index is 366. The van der Waals surface area contributed by atoms with Crippen LogP contribution in [0.15, 0.2) is 6.07 Å². The molecule has 3 nitrogen and oxygen atoms in total. The number of aliphatic hydroxyl groups is 1. The molecular weight excluding hydrogens is 214 g/mol. The van der Waals surface area contributed by atoms with Crippen molar-refractivity contribution in [3.8, 4) is 5.75 Å². The van der Waals surface area contributed by atoms with Gasteiger partial charge in [0.2, 0.25) is 0 Å². The predicted octanol–water partition coefficient (Wildman–Crippen LogP) is 1.96. The van der Waals surface area contributed by atoms with Gasteiger partial charge in [-0.2, -0.15) is 0 Å². The van der Waals surface area contributed by atoms with Crippen LogP contribution >= 0.6 is 11.6 Å². The standard InChI is InChI=1S/C11H16ClNO2/c1-6-7(2)11(15-3)8(4-9(6)12)10(14)5-13/h4,10,14H,5,13H2,1-3H3. The highest BCUT2D eigenvalue weighted by molar-refractivity contribution is 6.31. The van der Waals surface area contributed by atoms with E-state index in [1.165, 1.54) is 0 Å². The second-order valence-electron chi connectivity index (χ2n) is 3.48. The summed E-state index contributed by atoms with van der Waals surface area (Å²) in [6.45, 7) is 3.97. The van der Waals surface area contributed by atoms with Gasteiger partial charge in [0.15, 0.2) is 0 Å². The molecule has 0 radical (unpaired) electrons. The largest absolute Gasteiger partial charge is 0.496 e. The van der Waals surface area contributed by atoms with E-state index in [2.05, 4.69) is 0 Å². The third-order valence-electron chi connectivity index (χ3n) is 2.59. The molecule has 0 bridgehead atoms. The Balaban J connectivity index is 3.38. The maximum atomic E-state index is 9.72. The molecule has 84 valence electrons. The number of rotatable bonds is 3. The first-order chi connectivity index (χ1) is 7.02. The molecule has 0 amide bonds. The Labute approximate surface area is 94.8 Å². The summed E-state index contributed by atoms with van der Waals surface area (Å²) in [5.41, 5.74) is 7.96. The van der Waals surface area contributed by atoms with Gasteiger partial charge < -0.3 is 15.6 Å². The number of nitrogens with two attached hydrogens (primary N) is 1. The van der Waals surface area contributed by atoms with Crippen LogP contribution in [0, 0.1) is 13.8 Å². The normalized spacial score (nSPS) is 12.7. The molecule has 3 N–H and O–H groups in total. The first-order valence-electron chi connectivity index (χ1n) is 4.74. The maximum absolute atomic E-state index is 9.72. The Kier molecular flexibility index (Phi) is 3.97. The minimum absolute atomic E-state index is 0.148. The molecule has 0 aliphatic carbocycles. The lowest BCUT2D eigenvalue weighted by Crippen LogP contribution is -2.13. The Morgan fingerprint density at radius 1 is 1.47 bits per heavy atom. The van der Waals surface area contributed by atoms with Crippen LogP contribution in [0.3, 0.4) is 0 Å². The molecule has 1 aromatic carbocycles. The number of aliphatic hydroxyl groups excluding tert-OH is 1. The molecule has 0 saturated heterocycles. The topological polar surface area (TPSA) is 55.5 Å². The second-order valence-corrected chi connectivity index (χ2v) is 3.89. The van der Waals surface area contributed by atoms with Crippen molar-refractivity contribution in [1.82, 2.24) is 0 Å². The zero-order chi connectivity index (χ0) is 11.6. The molecule has 0 aliphatic heterocycles. The van der Waals surface area contributed by atoms with Crippen molar-refractivity contribution in [1.29, 1.82) is 0 Å². The summed E-state index contributed by atoms with van der Waals surface area (Å²) in [6.07, 6.45) is -0.739. The fourth-order valence-electron chi connectivity index (χ4n) is 1.52. The Morgan fingerprint density at radius 2 is 2.07 bits per heavy atom. The van der Waals surface area contributed by atoms with Crippen LogP contribution in [0.5, 0.6) is 5.75 Å². The van der Waals surface area contributed by atoms with Gasteiger partial charge in [-0.3, -0.25) is 0 Å². The van der Waals surface area contributed by atoms with Gasteiger partial charge in [-0.05, 0) is 31.0 Å². The highest BCUT2D eigenvalue weighted by Crippen LogP contribution is 2.34. The van der Waals surface area contributed by atoms with Crippen LogP contribution in [-0.2, 0) is 0 Å². The molecule has 1 unspecified atom stereocenters. The van der Waals surface area contributed by atoms with E-state index in [0.29, 0.717) is 16.3 Å². The maximum Gasteiger partial charge on any atom is 0.127 e. The van der Waals surface area contributed by atoms with Crippen LogP contribution in [-0.4, -0.2) is 18.8 Å². The summed E-state index contributed by atoms with van der Waals surface area (Å²) in [6, 6.07) is 1.71. The molecule has 1 rings (SSSR count). The van der Waals surface area contributed by atoms with E-state index in [4.69, 9.17) is 22.1 Å². The lowest BCUT2D eigenvalue weighted by atomic mass is 10.0. The summed E-state index contributed by atoms with van der Waals surface area (Å²) in [5, 5.41) is 10.3. The zero-order valence-corrected chi connectivity index (χ0v) is 9.93. The van der Waals surface area contributed by atoms with Gasteiger partial charge in [-0.1, -0.05) is 11.6 Å². The zero-order valence-electron chi connectivity index (χ0n) is 9.17. The average Bonchev–Trinajstić information content (AvgIpc) is 2.24. The van der Waals surface area contributed by atoms with E-state index in [1.807, 2.05) is 13.8 Å². The van der Waals surface area contributed by atoms with E-state index in [0.717, 1.165) is 11.1 Å². The second kappa shape index (κ2) is 4.84. The predicted molar refractivity (Wildman–Crippen MR) is 61.5 cm³/mol. The summed E-state index contributed by atoms with van der Waals surface area (Å²) in [5.74, 6) is 0.662. The number of hydrogen-bond donors (Lipinski definition) is 2. The van der Waals surface area contributed by atoms with Gasteiger partial charge in [0, 0.05) is 17.1 Å². The molecule has 0 heterocycles. The average molecular weight is 230 g/mol. The molecular formula is C11H16ClNO2. The van der Waals surface area contributed by atoms with Crippen molar-refractivity contribution in [3.05, 3.63) is 27.8 Å². The number of hydrogen-bond acceptors (Lipinski definition) is 3. The quantitative estimate of drug-likeness (QED) is 0.833. The van der Waals surface area contributed by atoms with Crippen LogP contribution in [0.25, 0.3) is 0 Å². The van der Waals surface area contributed by atoms with Gasteiger partial charge in [0.25, 0.3) is 0 Å². The third-order valence-corrected chi connectivity index (χ3v) is 2.98. The summed E-state index contributed by atoms with van der Waals surface area (Å²) >= 11 is 6.04. The van der Waals surface area contributed by atoms with Gasteiger partial charge in [0.05, 0.1) is 13.2 Å². The molecule has 4 heteroatoms. The lowest BCUT2D eigenvalue weighted by molar-refractivity contribution is 0.182. The monoisotopic (exact) mass is 229 g/mol. The SMILES string of the molecule is COc1c(C(O)CN)cc(Cl)c(C)c1C. The van der Waals surface area contributed by atoms with Crippen LogP contribution in [0.2, 0.25) is 5.02 Å². The van der Waals surface area contributed by atoms with E-state index in [-0.39, 0.29) is 6.54 Å². The molecule has 0 aromatic heterocycles. The fraction of sp³-hybridized carbons (Fsp3) is 0.455. The Hall–Kier alpha value is -0.770. The van der Waals surface area contributed by atoms with E-state index in [9.17, 15) is 5.11 Å². The van der Waals surface area contributed by atoms with Crippen molar-refractivity contribution < 1.29 is 9.84 Å². The van der Waals surface area contributed by atoms with E-state index >= 15 is 0 Å². The van der Waals surface area contributed by atoms with E-state index < -0.39 is 6.10 Å². The highest BCUT2D eigenvalue weighted by atomic mass is 35.5. The van der Waals surface area contributed by atoms with E-state index in [1.54, 1.807) is 13.2 Å². The Morgan fingerprint density at radius 3 is 2.53 bits per heavy atom. The van der Waals surface area contributed by atoms with Crippen molar-refractivity contribution in [2.45, 2.75) is 20.0 Å². The minimum atomic E-state index is -0.739. The molecule has 0 saturated carbocycles. The third kappa shape index (κ3) is 2.25.